The first kappa shape index (κ1) is 8.68. The van der Waals surface area contributed by atoms with Gasteiger partial charge in [0.2, 0.25) is 0 Å². The zero-order valence-corrected chi connectivity index (χ0v) is 7.47. The monoisotopic (exact) mass is 193 g/mol. The Morgan fingerprint density at radius 2 is 2.21 bits per heavy atom. The Balaban J connectivity index is 3.02. The summed E-state index contributed by atoms with van der Waals surface area (Å²) >= 11 is 0. The highest BCUT2D eigenvalue weighted by Crippen LogP contribution is 2.15. The Morgan fingerprint density at radius 1 is 1.50 bits per heavy atom. The largest absolute Gasteiger partial charge is 0.399 e. The quantitative estimate of drug-likeness (QED) is 0.612. The van der Waals surface area contributed by atoms with Gasteiger partial charge in [-0.2, -0.15) is 0 Å². The SMILES string of the molecule is Cc1nc2c(F)cc(N)cc2c(=O)[nH]1. The van der Waals surface area contributed by atoms with E-state index in [2.05, 4.69) is 9.97 Å². The molecule has 0 atom stereocenters. The van der Waals surface area contributed by atoms with Crippen molar-refractivity contribution < 1.29 is 4.39 Å². The third-order valence-electron chi connectivity index (χ3n) is 1.90. The van der Waals surface area contributed by atoms with Crippen molar-refractivity contribution in [1.82, 2.24) is 9.97 Å². The lowest BCUT2D eigenvalue weighted by molar-refractivity contribution is 0.636. The first-order chi connectivity index (χ1) is 6.58. The van der Waals surface area contributed by atoms with Gasteiger partial charge in [-0.3, -0.25) is 4.79 Å². The Kier molecular flexibility index (Phi) is 1.73. The molecule has 5 heteroatoms. The molecule has 0 bridgehead atoms. The second-order valence-corrected chi connectivity index (χ2v) is 3.05. The minimum absolute atomic E-state index is 0.0560. The normalized spacial score (nSPS) is 10.7. The number of aromatic nitrogens is 2. The van der Waals surface area contributed by atoms with Crippen molar-refractivity contribution >= 4 is 16.6 Å². The summed E-state index contributed by atoms with van der Waals surface area (Å²) in [6.07, 6.45) is 0. The van der Waals surface area contributed by atoms with E-state index in [-0.39, 0.29) is 22.1 Å². The molecular formula is C9H8FN3O. The Labute approximate surface area is 78.6 Å². The van der Waals surface area contributed by atoms with Crippen LogP contribution in [0.1, 0.15) is 5.82 Å². The van der Waals surface area contributed by atoms with E-state index < -0.39 is 5.82 Å². The molecule has 0 fully saturated rings. The molecule has 0 aliphatic rings. The summed E-state index contributed by atoms with van der Waals surface area (Å²) in [6.45, 7) is 1.59. The lowest BCUT2D eigenvalue weighted by atomic mass is 10.2. The lowest BCUT2D eigenvalue weighted by Crippen LogP contribution is -2.11. The van der Waals surface area contributed by atoms with Crippen molar-refractivity contribution in [2.45, 2.75) is 6.92 Å². The number of rotatable bonds is 0. The van der Waals surface area contributed by atoms with E-state index in [0.29, 0.717) is 5.82 Å². The number of aromatic amines is 1. The molecule has 1 aromatic carbocycles. The Morgan fingerprint density at radius 3 is 2.93 bits per heavy atom. The van der Waals surface area contributed by atoms with Gasteiger partial charge in [-0.05, 0) is 19.1 Å². The van der Waals surface area contributed by atoms with E-state index in [9.17, 15) is 9.18 Å². The van der Waals surface area contributed by atoms with Gasteiger partial charge in [-0.15, -0.1) is 0 Å². The molecule has 1 aromatic heterocycles. The maximum Gasteiger partial charge on any atom is 0.258 e. The second kappa shape index (κ2) is 2.80. The number of benzene rings is 1. The van der Waals surface area contributed by atoms with E-state index in [0.717, 1.165) is 6.07 Å². The second-order valence-electron chi connectivity index (χ2n) is 3.05. The fourth-order valence-electron chi connectivity index (χ4n) is 1.33. The van der Waals surface area contributed by atoms with E-state index in [1.54, 1.807) is 6.92 Å². The van der Waals surface area contributed by atoms with Gasteiger partial charge in [0.25, 0.3) is 5.56 Å². The highest BCUT2D eigenvalue weighted by molar-refractivity contribution is 5.81. The number of aryl methyl sites for hydroxylation is 1. The number of fused-ring (bicyclic) bond motifs is 1. The number of nitrogens with two attached hydrogens (primary N) is 1. The van der Waals surface area contributed by atoms with Crippen molar-refractivity contribution in [3.05, 3.63) is 34.1 Å². The minimum atomic E-state index is -0.575. The molecule has 1 heterocycles. The summed E-state index contributed by atoms with van der Waals surface area (Å²) in [5.41, 5.74) is 5.30. The standard InChI is InChI=1S/C9H8FN3O/c1-4-12-8-6(9(14)13-4)2-5(11)3-7(8)10/h2-3H,11H2,1H3,(H,12,13,14). The summed E-state index contributed by atoms with van der Waals surface area (Å²) in [5, 5.41) is 0.174. The molecule has 0 unspecified atom stereocenters. The zero-order valence-electron chi connectivity index (χ0n) is 7.47. The van der Waals surface area contributed by atoms with Crippen LogP contribution in [0.5, 0.6) is 0 Å². The van der Waals surface area contributed by atoms with Crippen LogP contribution < -0.4 is 11.3 Å². The molecule has 0 aliphatic carbocycles. The average molecular weight is 193 g/mol. The predicted molar refractivity (Wildman–Crippen MR) is 51.5 cm³/mol. The Hall–Kier alpha value is -1.91. The smallest absolute Gasteiger partial charge is 0.258 e. The van der Waals surface area contributed by atoms with Crippen LogP contribution in [0.3, 0.4) is 0 Å². The first-order valence-electron chi connectivity index (χ1n) is 4.03. The number of halogens is 1. The Bertz CT molecular complexity index is 562. The predicted octanol–water partition coefficient (Wildman–Crippen LogP) is 0.953. The number of H-pyrrole nitrogens is 1. The van der Waals surface area contributed by atoms with Crippen molar-refractivity contribution in [3.63, 3.8) is 0 Å². The lowest BCUT2D eigenvalue weighted by Gasteiger charge is -2.01. The average Bonchev–Trinajstić information content (AvgIpc) is 2.07. The number of nitrogens with one attached hydrogen (secondary N) is 1. The summed E-state index contributed by atoms with van der Waals surface area (Å²) in [5.74, 6) is -0.194. The van der Waals surface area contributed by atoms with Gasteiger partial charge >= 0.3 is 0 Å². The van der Waals surface area contributed by atoms with Gasteiger partial charge in [0.05, 0.1) is 5.39 Å². The van der Waals surface area contributed by atoms with Gasteiger partial charge in [-0.25, -0.2) is 9.37 Å². The minimum Gasteiger partial charge on any atom is -0.399 e. The summed E-state index contributed by atoms with van der Waals surface area (Å²) in [7, 11) is 0. The van der Waals surface area contributed by atoms with E-state index in [4.69, 9.17) is 5.73 Å². The molecule has 2 rings (SSSR count). The molecule has 3 N–H and O–H groups in total. The number of anilines is 1. The molecule has 0 amide bonds. The van der Waals surface area contributed by atoms with Gasteiger partial charge in [0.15, 0.2) is 5.82 Å². The summed E-state index contributed by atoms with van der Waals surface area (Å²) < 4.78 is 13.3. The molecule has 0 saturated heterocycles. The molecule has 2 aromatic rings. The van der Waals surface area contributed by atoms with Crippen LogP contribution in [0.4, 0.5) is 10.1 Å². The molecular weight excluding hydrogens is 185 g/mol. The summed E-state index contributed by atoms with van der Waals surface area (Å²) in [4.78, 5) is 17.8. The maximum absolute atomic E-state index is 13.3. The first-order valence-corrected chi connectivity index (χ1v) is 4.03. The molecule has 0 saturated carbocycles. The van der Waals surface area contributed by atoms with Gasteiger partial charge in [0.1, 0.15) is 11.3 Å². The van der Waals surface area contributed by atoms with Crippen LogP contribution in [0.15, 0.2) is 16.9 Å². The third-order valence-corrected chi connectivity index (χ3v) is 1.90. The topological polar surface area (TPSA) is 71.8 Å². The van der Waals surface area contributed by atoms with Crippen molar-refractivity contribution in [2.75, 3.05) is 5.73 Å². The van der Waals surface area contributed by atoms with Crippen LogP contribution >= 0.6 is 0 Å². The van der Waals surface area contributed by atoms with E-state index in [1.807, 2.05) is 0 Å². The number of nitrogens with zero attached hydrogens (tertiary/aromatic N) is 1. The van der Waals surface area contributed by atoms with Gasteiger partial charge < -0.3 is 10.7 Å². The van der Waals surface area contributed by atoms with Crippen molar-refractivity contribution in [3.8, 4) is 0 Å². The van der Waals surface area contributed by atoms with Crippen molar-refractivity contribution in [1.29, 1.82) is 0 Å². The number of hydrogen-bond donors (Lipinski definition) is 2. The molecule has 0 spiro atoms. The van der Waals surface area contributed by atoms with Crippen LogP contribution in [0.25, 0.3) is 10.9 Å². The van der Waals surface area contributed by atoms with E-state index >= 15 is 0 Å². The molecule has 4 nitrogen and oxygen atoms in total. The number of nitrogen functional groups attached to an aromatic ring is 1. The molecule has 0 aliphatic heterocycles. The van der Waals surface area contributed by atoms with E-state index in [1.165, 1.54) is 6.07 Å². The third kappa shape index (κ3) is 1.22. The molecule has 72 valence electrons. The summed E-state index contributed by atoms with van der Waals surface area (Å²) in [6, 6.07) is 2.55. The number of hydrogen-bond acceptors (Lipinski definition) is 3. The fourth-order valence-corrected chi connectivity index (χ4v) is 1.33. The maximum atomic E-state index is 13.3. The van der Waals surface area contributed by atoms with Crippen LogP contribution in [0.2, 0.25) is 0 Å². The van der Waals surface area contributed by atoms with Gasteiger partial charge in [-0.1, -0.05) is 0 Å². The highest BCUT2D eigenvalue weighted by atomic mass is 19.1. The molecule has 14 heavy (non-hydrogen) atoms. The van der Waals surface area contributed by atoms with Crippen LogP contribution in [-0.4, -0.2) is 9.97 Å². The van der Waals surface area contributed by atoms with Gasteiger partial charge in [0, 0.05) is 5.69 Å². The molecule has 0 radical (unpaired) electrons. The zero-order chi connectivity index (χ0) is 10.3. The highest BCUT2D eigenvalue weighted by Gasteiger charge is 2.07. The fraction of sp³-hybridized carbons (Fsp3) is 0.111. The van der Waals surface area contributed by atoms with Crippen molar-refractivity contribution in [2.24, 2.45) is 0 Å². The van der Waals surface area contributed by atoms with Crippen LogP contribution in [-0.2, 0) is 0 Å². The van der Waals surface area contributed by atoms with Crippen LogP contribution in [0, 0.1) is 12.7 Å².